The van der Waals surface area contributed by atoms with Crippen molar-refractivity contribution in [3.63, 3.8) is 0 Å². The number of carbonyl (C=O) groups excluding carboxylic acids is 1. The van der Waals surface area contributed by atoms with Crippen molar-refractivity contribution in [3.8, 4) is 11.8 Å². The van der Waals surface area contributed by atoms with E-state index in [0.29, 0.717) is 12.3 Å². The summed E-state index contributed by atoms with van der Waals surface area (Å²) >= 11 is 1.54. The Hall–Kier alpha value is -1.44. The predicted octanol–water partition coefficient (Wildman–Crippen LogP) is 2.57. The minimum atomic E-state index is -0.421. The van der Waals surface area contributed by atoms with Gasteiger partial charge in [-0.2, -0.15) is 0 Å². The van der Waals surface area contributed by atoms with Gasteiger partial charge >= 0.3 is 5.97 Å². The number of ether oxygens (including phenoxy) is 1. The number of thioether (sulfide) groups is 1. The Morgan fingerprint density at radius 3 is 2.80 bits per heavy atom. The average molecular weight is 291 g/mol. The number of esters is 1. The first-order chi connectivity index (χ1) is 9.40. The molecule has 1 rings (SSSR count). The molecule has 4 heteroatoms. The van der Waals surface area contributed by atoms with E-state index in [2.05, 4.69) is 11.8 Å². The van der Waals surface area contributed by atoms with Crippen LogP contribution in [0, 0.1) is 11.8 Å². The number of nitrogens with two attached hydrogens (primary N) is 1. The van der Waals surface area contributed by atoms with E-state index in [9.17, 15) is 4.79 Å². The number of carbonyl (C=O) groups is 1. The molecular weight excluding hydrogens is 270 g/mol. The molecule has 20 heavy (non-hydrogen) atoms. The fourth-order valence-corrected chi connectivity index (χ4v) is 2.26. The minimum Gasteiger partial charge on any atom is -0.459 e. The lowest BCUT2D eigenvalue weighted by Gasteiger charge is -2.19. The van der Waals surface area contributed by atoms with Crippen LogP contribution in [0.1, 0.15) is 31.9 Å². The monoisotopic (exact) mass is 291 g/mol. The molecule has 0 aliphatic heterocycles. The quantitative estimate of drug-likeness (QED) is 0.684. The molecule has 1 aromatic carbocycles. The van der Waals surface area contributed by atoms with Gasteiger partial charge in [-0.25, -0.2) is 0 Å². The van der Waals surface area contributed by atoms with Crippen molar-refractivity contribution in [3.05, 3.63) is 35.4 Å². The van der Waals surface area contributed by atoms with Crippen LogP contribution in [0.5, 0.6) is 0 Å². The zero-order valence-corrected chi connectivity index (χ0v) is 13.0. The van der Waals surface area contributed by atoms with Gasteiger partial charge in [-0.1, -0.05) is 24.0 Å². The second kappa shape index (κ2) is 7.98. The zero-order valence-electron chi connectivity index (χ0n) is 12.2. The van der Waals surface area contributed by atoms with Crippen molar-refractivity contribution in [1.82, 2.24) is 0 Å². The predicted molar refractivity (Wildman–Crippen MR) is 84.4 cm³/mol. The number of hydrogen-bond donors (Lipinski definition) is 1. The first kappa shape index (κ1) is 16.6. The average Bonchev–Trinajstić information content (AvgIpc) is 2.34. The molecule has 0 aliphatic rings. The Balaban J connectivity index is 2.44. The Morgan fingerprint density at radius 2 is 2.15 bits per heavy atom. The number of hydrogen-bond acceptors (Lipinski definition) is 4. The van der Waals surface area contributed by atoms with E-state index < -0.39 is 5.60 Å². The fraction of sp³-hybridized carbons (Fsp3) is 0.438. The molecule has 1 aromatic rings. The maximum atomic E-state index is 11.6. The normalized spacial score (nSPS) is 10.6. The molecule has 0 spiro atoms. The minimum absolute atomic E-state index is 0.179. The summed E-state index contributed by atoms with van der Waals surface area (Å²) < 4.78 is 5.26. The molecule has 0 saturated carbocycles. The van der Waals surface area contributed by atoms with Crippen LogP contribution >= 0.6 is 11.8 Å². The zero-order chi connectivity index (χ0) is 15.0. The van der Waals surface area contributed by atoms with Crippen molar-refractivity contribution in [2.24, 2.45) is 5.73 Å². The number of rotatable bonds is 4. The van der Waals surface area contributed by atoms with Gasteiger partial charge in [-0.3, -0.25) is 4.79 Å². The van der Waals surface area contributed by atoms with E-state index >= 15 is 0 Å². The van der Waals surface area contributed by atoms with Gasteiger partial charge in [0.25, 0.3) is 0 Å². The molecule has 0 radical (unpaired) electrons. The van der Waals surface area contributed by atoms with Gasteiger partial charge in [0, 0.05) is 11.3 Å². The van der Waals surface area contributed by atoms with Crippen LogP contribution in [0.3, 0.4) is 0 Å². The van der Waals surface area contributed by atoms with Gasteiger partial charge in [-0.15, -0.1) is 11.8 Å². The lowest BCUT2D eigenvalue weighted by Crippen LogP contribution is -2.24. The highest BCUT2D eigenvalue weighted by molar-refractivity contribution is 7.99. The summed E-state index contributed by atoms with van der Waals surface area (Å²) in [6.45, 7) is 5.97. The first-order valence-electron chi connectivity index (χ1n) is 6.48. The van der Waals surface area contributed by atoms with E-state index in [0.717, 1.165) is 16.9 Å². The SMILES string of the molecule is CC(C)(C)OC(=O)CSCc1cccc(C#CCN)c1. The molecule has 0 amide bonds. The Kier molecular flexibility index (Phi) is 6.63. The number of benzene rings is 1. The second-order valence-corrected chi connectivity index (χ2v) is 6.27. The second-order valence-electron chi connectivity index (χ2n) is 5.29. The third-order valence-corrected chi connectivity index (χ3v) is 3.15. The third kappa shape index (κ3) is 7.22. The molecule has 0 saturated heterocycles. The Morgan fingerprint density at radius 1 is 1.40 bits per heavy atom. The molecule has 0 aromatic heterocycles. The fourth-order valence-electron chi connectivity index (χ4n) is 1.52. The molecule has 0 bridgehead atoms. The van der Waals surface area contributed by atoms with Crippen molar-refractivity contribution in [1.29, 1.82) is 0 Å². The van der Waals surface area contributed by atoms with E-state index in [1.165, 1.54) is 0 Å². The van der Waals surface area contributed by atoms with Gasteiger partial charge in [0.1, 0.15) is 5.60 Å². The standard InChI is InChI=1S/C16H21NO2S/c1-16(2,3)19-15(18)12-20-11-14-7-4-6-13(10-14)8-5-9-17/h4,6-7,10H,9,11-12,17H2,1-3H3. The lowest BCUT2D eigenvalue weighted by atomic mass is 10.1. The van der Waals surface area contributed by atoms with Crippen LogP contribution in [0.4, 0.5) is 0 Å². The molecule has 3 nitrogen and oxygen atoms in total. The highest BCUT2D eigenvalue weighted by Crippen LogP contribution is 2.15. The van der Waals surface area contributed by atoms with Gasteiger partial charge in [0.05, 0.1) is 12.3 Å². The highest BCUT2D eigenvalue weighted by Gasteiger charge is 2.15. The van der Waals surface area contributed by atoms with Crippen LogP contribution in [0.15, 0.2) is 24.3 Å². The van der Waals surface area contributed by atoms with Crippen LogP contribution in [-0.4, -0.2) is 23.9 Å². The molecule has 2 N–H and O–H groups in total. The summed E-state index contributed by atoms with van der Waals surface area (Å²) in [5.74, 6) is 6.77. The van der Waals surface area contributed by atoms with Crippen LogP contribution in [0.25, 0.3) is 0 Å². The van der Waals surface area contributed by atoms with Gasteiger partial charge in [0.2, 0.25) is 0 Å². The molecule has 0 aliphatic carbocycles. The summed E-state index contributed by atoms with van der Waals surface area (Å²) in [6, 6.07) is 7.95. The Bertz CT molecular complexity index is 509. The maximum absolute atomic E-state index is 11.6. The smallest absolute Gasteiger partial charge is 0.316 e. The van der Waals surface area contributed by atoms with Crippen molar-refractivity contribution < 1.29 is 9.53 Å². The lowest BCUT2D eigenvalue weighted by molar-refractivity contribution is -0.151. The van der Waals surface area contributed by atoms with E-state index in [1.807, 2.05) is 45.0 Å². The van der Waals surface area contributed by atoms with Crippen molar-refractivity contribution in [2.45, 2.75) is 32.1 Å². The summed E-state index contributed by atoms with van der Waals surface area (Å²) in [5, 5.41) is 0. The summed E-state index contributed by atoms with van der Waals surface area (Å²) in [7, 11) is 0. The van der Waals surface area contributed by atoms with Gasteiger partial charge < -0.3 is 10.5 Å². The molecular formula is C16H21NO2S. The van der Waals surface area contributed by atoms with Gasteiger partial charge in [0.15, 0.2) is 0 Å². The molecule has 0 unspecified atom stereocenters. The van der Waals surface area contributed by atoms with Crippen molar-refractivity contribution in [2.75, 3.05) is 12.3 Å². The van der Waals surface area contributed by atoms with Crippen molar-refractivity contribution >= 4 is 17.7 Å². The highest BCUT2D eigenvalue weighted by atomic mass is 32.2. The third-order valence-electron chi connectivity index (χ3n) is 2.17. The molecule has 0 heterocycles. The Labute approximate surface area is 125 Å². The molecule has 108 valence electrons. The van der Waals surface area contributed by atoms with E-state index in [-0.39, 0.29) is 5.97 Å². The molecule has 0 fully saturated rings. The topological polar surface area (TPSA) is 52.3 Å². The largest absolute Gasteiger partial charge is 0.459 e. The summed E-state index contributed by atoms with van der Waals surface area (Å²) in [5.41, 5.74) is 7.02. The summed E-state index contributed by atoms with van der Waals surface area (Å²) in [6.07, 6.45) is 0. The molecule has 0 atom stereocenters. The van der Waals surface area contributed by atoms with Crippen LogP contribution < -0.4 is 5.73 Å². The maximum Gasteiger partial charge on any atom is 0.316 e. The van der Waals surface area contributed by atoms with Gasteiger partial charge in [-0.05, 0) is 38.5 Å². The first-order valence-corrected chi connectivity index (χ1v) is 7.63. The van der Waals surface area contributed by atoms with E-state index in [1.54, 1.807) is 11.8 Å². The summed E-state index contributed by atoms with van der Waals surface area (Å²) in [4.78, 5) is 11.6. The van der Waals surface area contributed by atoms with Crippen LogP contribution in [0.2, 0.25) is 0 Å². The van der Waals surface area contributed by atoms with E-state index in [4.69, 9.17) is 10.5 Å². The van der Waals surface area contributed by atoms with Crippen LogP contribution in [-0.2, 0) is 15.3 Å².